The predicted molar refractivity (Wildman–Crippen MR) is 96.1 cm³/mol. The third kappa shape index (κ3) is 3.90. The van der Waals surface area contributed by atoms with E-state index in [0.717, 1.165) is 37.0 Å². The van der Waals surface area contributed by atoms with Gasteiger partial charge in [-0.1, -0.05) is 12.1 Å². The van der Waals surface area contributed by atoms with E-state index in [9.17, 15) is 9.59 Å². The van der Waals surface area contributed by atoms with Crippen molar-refractivity contribution in [1.82, 2.24) is 20.2 Å². The van der Waals surface area contributed by atoms with E-state index >= 15 is 0 Å². The minimum atomic E-state index is -0.140. The van der Waals surface area contributed by atoms with E-state index in [1.165, 1.54) is 12.8 Å². The molecule has 6 nitrogen and oxygen atoms in total. The van der Waals surface area contributed by atoms with Crippen LogP contribution in [-0.2, 0) is 11.3 Å². The van der Waals surface area contributed by atoms with E-state index in [2.05, 4.69) is 20.2 Å². The second-order valence-corrected chi connectivity index (χ2v) is 7.29. The number of nitrogens with zero attached hydrogens (tertiary/aromatic N) is 2. The number of benzene rings is 1. The maximum atomic E-state index is 12.3. The van der Waals surface area contributed by atoms with Crippen molar-refractivity contribution in [2.45, 2.75) is 32.2 Å². The van der Waals surface area contributed by atoms with Crippen molar-refractivity contribution in [3.63, 3.8) is 0 Å². The number of aromatic nitrogens is 2. The molecule has 2 aliphatic rings. The lowest BCUT2D eigenvalue weighted by Gasteiger charge is -2.31. The second-order valence-electron chi connectivity index (χ2n) is 7.29. The highest BCUT2D eigenvalue weighted by atomic mass is 16.2. The monoisotopic (exact) mass is 340 g/mol. The number of amides is 1. The Morgan fingerprint density at radius 2 is 2.12 bits per heavy atom. The number of carbonyl (C=O) groups is 1. The molecule has 1 saturated carbocycles. The van der Waals surface area contributed by atoms with Gasteiger partial charge in [0.25, 0.3) is 5.56 Å². The summed E-state index contributed by atoms with van der Waals surface area (Å²) in [6, 6.07) is 7.56. The summed E-state index contributed by atoms with van der Waals surface area (Å²) in [7, 11) is 0. The lowest BCUT2D eigenvalue weighted by molar-refractivity contribution is -0.126. The number of hydrogen-bond acceptors (Lipinski definition) is 4. The third-order valence-corrected chi connectivity index (χ3v) is 5.18. The van der Waals surface area contributed by atoms with Crippen LogP contribution in [0.5, 0.6) is 0 Å². The zero-order valence-corrected chi connectivity index (χ0v) is 14.3. The van der Waals surface area contributed by atoms with E-state index < -0.39 is 0 Å². The first-order valence-electron chi connectivity index (χ1n) is 9.17. The van der Waals surface area contributed by atoms with Gasteiger partial charge in [0.1, 0.15) is 5.69 Å². The number of fused-ring (bicyclic) bond motifs is 1. The number of rotatable bonds is 5. The van der Waals surface area contributed by atoms with Crippen molar-refractivity contribution < 1.29 is 4.79 Å². The van der Waals surface area contributed by atoms with Gasteiger partial charge in [0.15, 0.2) is 0 Å². The van der Waals surface area contributed by atoms with Crippen LogP contribution in [0.1, 0.15) is 31.4 Å². The fraction of sp³-hybridized carbons (Fsp3) is 0.526. The highest BCUT2D eigenvalue weighted by Crippen LogP contribution is 2.28. The first kappa shape index (κ1) is 16.3. The quantitative estimate of drug-likeness (QED) is 0.868. The van der Waals surface area contributed by atoms with Gasteiger partial charge in [-0.15, -0.1) is 0 Å². The predicted octanol–water partition coefficient (Wildman–Crippen LogP) is 1.66. The Hall–Kier alpha value is -2.21. The molecule has 4 rings (SSSR count). The third-order valence-electron chi connectivity index (χ3n) is 5.18. The van der Waals surface area contributed by atoms with E-state index in [-0.39, 0.29) is 17.4 Å². The zero-order valence-electron chi connectivity index (χ0n) is 14.3. The average Bonchev–Trinajstić information content (AvgIpc) is 3.45. The highest BCUT2D eigenvalue weighted by Gasteiger charge is 2.28. The Balaban J connectivity index is 1.42. The molecule has 0 radical (unpaired) electrons. The molecular weight excluding hydrogens is 316 g/mol. The van der Waals surface area contributed by atoms with Crippen molar-refractivity contribution in [3.05, 3.63) is 40.3 Å². The Morgan fingerprint density at radius 1 is 1.28 bits per heavy atom. The van der Waals surface area contributed by atoms with Crippen LogP contribution >= 0.6 is 0 Å². The SMILES string of the molecule is O=C(NCC1CC1)C1CCCN(Cc2nc3ccccc3[nH]c2=O)C1. The summed E-state index contributed by atoms with van der Waals surface area (Å²) in [5.74, 6) is 0.882. The van der Waals surface area contributed by atoms with Crippen LogP contribution in [0.2, 0.25) is 0 Å². The average molecular weight is 340 g/mol. The van der Waals surface area contributed by atoms with E-state index in [1.54, 1.807) is 0 Å². The molecule has 2 N–H and O–H groups in total. The maximum Gasteiger partial charge on any atom is 0.271 e. The number of piperidine rings is 1. The Labute approximate surface area is 146 Å². The topological polar surface area (TPSA) is 78.1 Å². The van der Waals surface area contributed by atoms with Crippen molar-refractivity contribution in [2.24, 2.45) is 11.8 Å². The Morgan fingerprint density at radius 3 is 2.96 bits per heavy atom. The molecule has 1 aromatic carbocycles. The standard InChI is InChI=1S/C19H24N4O2/c24-18(20-10-13-7-8-13)14-4-3-9-23(11-14)12-17-19(25)22-16-6-2-1-5-15(16)21-17/h1-2,5-6,13-14H,3-4,7-12H2,(H,20,24)(H,22,25). The first-order chi connectivity index (χ1) is 12.2. The van der Waals surface area contributed by atoms with Crippen LogP contribution in [0, 0.1) is 11.8 Å². The molecule has 1 aromatic heterocycles. The van der Waals surface area contributed by atoms with E-state index in [0.29, 0.717) is 24.7 Å². The van der Waals surface area contributed by atoms with Crippen LogP contribution in [0.4, 0.5) is 0 Å². The van der Waals surface area contributed by atoms with Crippen LogP contribution in [0.15, 0.2) is 29.1 Å². The molecule has 2 fully saturated rings. The summed E-state index contributed by atoms with van der Waals surface area (Å²) in [6.45, 7) is 2.92. The van der Waals surface area contributed by atoms with Gasteiger partial charge in [0.2, 0.25) is 5.91 Å². The summed E-state index contributed by atoms with van der Waals surface area (Å²) in [6.07, 6.45) is 4.39. The van der Waals surface area contributed by atoms with E-state index in [4.69, 9.17) is 0 Å². The molecule has 1 amide bonds. The summed E-state index contributed by atoms with van der Waals surface area (Å²) in [5, 5.41) is 3.09. The van der Waals surface area contributed by atoms with Crippen molar-refractivity contribution >= 4 is 16.9 Å². The van der Waals surface area contributed by atoms with Gasteiger partial charge in [0.05, 0.1) is 17.0 Å². The maximum absolute atomic E-state index is 12.3. The number of para-hydroxylation sites is 2. The number of H-pyrrole nitrogens is 1. The summed E-state index contributed by atoms with van der Waals surface area (Å²) in [5.41, 5.74) is 1.94. The molecule has 1 atom stereocenters. The molecule has 1 aliphatic heterocycles. The lowest BCUT2D eigenvalue weighted by atomic mass is 9.97. The zero-order chi connectivity index (χ0) is 17.2. The molecule has 25 heavy (non-hydrogen) atoms. The van der Waals surface area contributed by atoms with Crippen LogP contribution < -0.4 is 10.9 Å². The van der Waals surface area contributed by atoms with Gasteiger partial charge in [-0.3, -0.25) is 14.5 Å². The molecule has 1 saturated heterocycles. The first-order valence-corrected chi connectivity index (χ1v) is 9.17. The molecule has 0 bridgehead atoms. The van der Waals surface area contributed by atoms with Crippen molar-refractivity contribution in [2.75, 3.05) is 19.6 Å². The molecule has 6 heteroatoms. The smallest absolute Gasteiger partial charge is 0.271 e. The normalized spacial score (nSPS) is 21.4. The Bertz CT molecular complexity index is 828. The van der Waals surface area contributed by atoms with Crippen LogP contribution in [0.25, 0.3) is 11.0 Å². The number of hydrogen-bond donors (Lipinski definition) is 2. The number of aromatic amines is 1. The van der Waals surface area contributed by atoms with Gasteiger partial charge in [0, 0.05) is 19.6 Å². The van der Waals surface area contributed by atoms with Crippen molar-refractivity contribution in [1.29, 1.82) is 0 Å². The van der Waals surface area contributed by atoms with Gasteiger partial charge in [-0.25, -0.2) is 4.98 Å². The summed E-state index contributed by atoms with van der Waals surface area (Å²) < 4.78 is 0. The van der Waals surface area contributed by atoms with Gasteiger partial charge >= 0.3 is 0 Å². The molecule has 0 spiro atoms. The largest absolute Gasteiger partial charge is 0.356 e. The molecule has 2 aromatic rings. The number of likely N-dealkylation sites (tertiary alicyclic amines) is 1. The minimum Gasteiger partial charge on any atom is -0.356 e. The number of carbonyl (C=O) groups excluding carboxylic acids is 1. The van der Waals surface area contributed by atoms with Gasteiger partial charge in [-0.2, -0.15) is 0 Å². The van der Waals surface area contributed by atoms with E-state index in [1.807, 2.05) is 24.3 Å². The molecule has 1 aliphatic carbocycles. The van der Waals surface area contributed by atoms with Crippen LogP contribution in [0.3, 0.4) is 0 Å². The molecule has 132 valence electrons. The fourth-order valence-corrected chi connectivity index (χ4v) is 3.51. The molecule has 1 unspecified atom stereocenters. The Kier molecular flexibility index (Phi) is 4.53. The second kappa shape index (κ2) is 6.96. The lowest BCUT2D eigenvalue weighted by Crippen LogP contribution is -2.43. The highest BCUT2D eigenvalue weighted by molar-refractivity contribution is 5.79. The van der Waals surface area contributed by atoms with Gasteiger partial charge in [-0.05, 0) is 50.3 Å². The van der Waals surface area contributed by atoms with Crippen molar-refractivity contribution in [3.8, 4) is 0 Å². The summed E-state index contributed by atoms with van der Waals surface area (Å²) in [4.78, 5) is 34.2. The molecular formula is C19H24N4O2. The minimum absolute atomic E-state index is 0.0204. The number of nitrogens with one attached hydrogen (secondary N) is 2. The summed E-state index contributed by atoms with van der Waals surface area (Å²) >= 11 is 0. The van der Waals surface area contributed by atoms with Gasteiger partial charge < -0.3 is 10.3 Å². The fourth-order valence-electron chi connectivity index (χ4n) is 3.51. The molecule has 2 heterocycles. The van der Waals surface area contributed by atoms with Crippen LogP contribution in [-0.4, -0.2) is 40.4 Å².